The fraction of sp³-hybridized carbons (Fsp3) is 0.105. The number of aromatic hydroxyl groups is 1. The molecule has 3 aromatic rings. The Balaban J connectivity index is 1.69. The highest BCUT2D eigenvalue weighted by Gasteiger charge is 2.17. The Bertz CT molecular complexity index is 1030. The summed E-state index contributed by atoms with van der Waals surface area (Å²) in [4.78, 5) is 29.4. The second-order valence-electron chi connectivity index (χ2n) is 5.74. The molecule has 7 nitrogen and oxygen atoms in total. The van der Waals surface area contributed by atoms with Gasteiger partial charge in [0.15, 0.2) is 11.5 Å². The van der Waals surface area contributed by atoms with Crippen LogP contribution in [0.1, 0.15) is 25.7 Å². The molecular weight excluding hydrogens is 402 g/mol. The molecule has 0 spiro atoms. The number of carbonyl (C=O) groups excluding carboxylic acids is 2. The van der Waals surface area contributed by atoms with Gasteiger partial charge in [-0.2, -0.15) is 0 Å². The Morgan fingerprint density at radius 2 is 1.79 bits per heavy atom. The largest absolute Gasteiger partial charge is 0.504 e. The quantitative estimate of drug-likeness (QED) is 0.563. The predicted molar refractivity (Wildman–Crippen MR) is 107 cm³/mol. The van der Waals surface area contributed by atoms with Gasteiger partial charge in [0.25, 0.3) is 11.8 Å². The topological polar surface area (TPSA) is 101 Å². The second-order valence-corrected chi connectivity index (χ2v) is 7.17. The minimum absolute atomic E-state index is 0.168. The van der Waals surface area contributed by atoms with Crippen LogP contribution in [0.2, 0.25) is 5.02 Å². The third-order valence-corrected chi connectivity index (χ3v) is 5.28. The fourth-order valence-corrected chi connectivity index (χ4v) is 3.49. The molecule has 0 aliphatic heterocycles. The van der Waals surface area contributed by atoms with Crippen LogP contribution >= 0.6 is 22.9 Å². The molecule has 2 aromatic carbocycles. The van der Waals surface area contributed by atoms with Crippen molar-refractivity contribution in [1.29, 1.82) is 0 Å². The first kappa shape index (κ1) is 19.7. The van der Waals surface area contributed by atoms with E-state index >= 15 is 0 Å². The van der Waals surface area contributed by atoms with Gasteiger partial charge in [0, 0.05) is 16.1 Å². The number of benzene rings is 2. The molecule has 144 valence electrons. The standard InChI is InChI=1S/C19H16ClN3O4S/c1-10-16(28-19(21-10)11-3-6-13(20)7-4-11)18(26)23-22-17(25)12-5-8-15(27-2)14(24)9-12/h3-9,24H,1-2H3,(H,22,25)(H,23,26). The number of hydrogen-bond acceptors (Lipinski definition) is 6. The first-order valence-electron chi connectivity index (χ1n) is 8.10. The van der Waals surface area contributed by atoms with E-state index in [-0.39, 0.29) is 17.1 Å². The lowest BCUT2D eigenvalue weighted by molar-refractivity contribution is 0.0848. The van der Waals surface area contributed by atoms with E-state index in [4.69, 9.17) is 16.3 Å². The third-order valence-electron chi connectivity index (χ3n) is 3.82. The average Bonchev–Trinajstić information content (AvgIpc) is 3.08. The Kier molecular flexibility index (Phi) is 5.81. The average molecular weight is 418 g/mol. The van der Waals surface area contributed by atoms with Gasteiger partial charge >= 0.3 is 0 Å². The summed E-state index contributed by atoms with van der Waals surface area (Å²) in [5.41, 5.74) is 6.23. The van der Waals surface area contributed by atoms with Gasteiger partial charge in [0.05, 0.1) is 12.8 Å². The molecule has 2 amide bonds. The summed E-state index contributed by atoms with van der Waals surface area (Å²) in [5, 5.41) is 11.0. The first-order chi connectivity index (χ1) is 13.4. The summed E-state index contributed by atoms with van der Waals surface area (Å²) in [7, 11) is 1.41. The van der Waals surface area contributed by atoms with E-state index in [1.807, 2.05) is 12.1 Å². The van der Waals surface area contributed by atoms with Gasteiger partial charge < -0.3 is 9.84 Å². The van der Waals surface area contributed by atoms with Crippen molar-refractivity contribution in [2.24, 2.45) is 0 Å². The SMILES string of the molecule is COc1ccc(C(=O)NNC(=O)c2sc(-c3ccc(Cl)cc3)nc2C)cc1O. The molecule has 3 rings (SSSR count). The first-order valence-corrected chi connectivity index (χ1v) is 9.29. The van der Waals surface area contributed by atoms with Crippen LogP contribution < -0.4 is 15.6 Å². The summed E-state index contributed by atoms with van der Waals surface area (Å²) in [6, 6.07) is 11.3. The number of ether oxygens (including phenoxy) is 1. The van der Waals surface area contributed by atoms with Crippen LogP contribution in [0.3, 0.4) is 0 Å². The van der Waals surface area contributed by atoms with Crippen molar-refractivity contribution in [3.63, 3.8) is 0 Å². The van der Waals surface area contributed by atoms with Crippen LogP contribution in [0.15, 0.2) is 42.5 Å². The monoisotopic (exact) mass is 417 g/mol. The van der Waals surface area contributed by atoms with Crippen LogP contribution in [0.4, 0.5) is 0 Å². The summed E-state index contributed by atoms with van der Waals surface area (Å²) in [6.07, 6.45) is 0. The number of amides is 2. The maximum absolute atomic E-state index is 12.4. The van der Waals surface area contributed by atoms with Gasteiger partial charge in [-0.25, -0.2) is 4.98 Å². The molecule has 1 aromatic heterocycles. The Hall–Kier alpha value is -3.10. The fourth-order valence-electron chi connectivity index (χ4n) is 2.40. The van der Waals surface area contributed by atoms with Crippen molar-refractivity contribution in [3.05, 3.63) is 63.6 Å². The lowest BCUT2D eigenvalue weighted by atomic mass is 10.2. The minimum atomic E-state index is -0.577. The normalized spacial score (nSPS) is 10.4. The third kappa shape index (κ3) is 4.24. The number of carbonyl (C=O) groups is 2. The molecule has 3 N–H and O–H groups in total. The van der Waals surface area contributed by atoms with E-state index in [1.54, 1.807) is 19.1 Å². The van der Waals surface area contributed by atoms with Crippen LogP contribution in [-0.4, -0.2) is 29.0 Å². The van der Waals surface area contributed by atoms with Crippen molar-refractivity contribution >= 4 is 34.8 Å². The zero-order chi connectivity index (χ0) is 20.3. The molecule has 1 heterocycles. The van der Waals surface area contributed by atoms with E-state index in [0.717, 1.165) is 5.56 Å². The van der Waals surface area contributed by atoms with Crippen LogP contribution in [0, 0.1) is 6.92 Å². The van der Waals surface area contributed by atoms with Crippen molar-refractivity contribution in [2.75, 3.05) is 7.11 Å². The number of methoxy groups -OCH3 is 1. The number of nitrogens with one attached hydrogen (secondary N) is 2. The number of hydrazine groups is 1. The van der Waals surface area contributed by atoms with E-state index < -0.39 is 11.8 Å². The van der Waals surface area contributed by atoms with E-state index in [2.05, 4.69) is 15.8 Å². The number of halogens is 1. The van der Waals surface area contributed by atoms with E-state index in [1.165, 1.54) is 36.6 Å². The van der Waals surface area contributed by atoms with Crippen molar-refractivity contribution in [3.8, 4) is 22.1 Å². The molecule has 0 aliphatic carbocycles. The summed E-state index contributed by atoms with van der Waals surface area (Å²) in [6.45, 7) is 1.72. The number of thiazole rings is 1. The van der Waals surface area contributed by atoms with Crippen molar-refractivity contribution < 1.29 is 19.4 Å². The maximum Gasteiger partial charge on any atom is 0.281 e. The van der Waals surface area contributed by atoms with Crippen LogP contribution in [0.5, 0.6) is 11.5 Å². The minimum Gasteiger partial charge on any atom is -0.504 e. The summed E-state index contributed by atoms with van der Waals surface area (Å²) in [5.74, 6) is -0.990. The van der Waals surface area contributed by atoms with Crippen LogP contribution in [0.25, 0.3) is 10.6 Å². The maximum atomic E-state index is 12.4. The molecule has 0 saturated carbocycles. The molecule has 9 heteroatoms. The van der Waals surface area contributed by atoms with Crippen molar-refractivity contribution in [1.82, 2.24) is 15.8 Å². The zero-order valence-electron chi connectivity index (χ0n) is 14.9. The van der Waals surface area contributed by atoms with Gasteiger partial charge in [-0.1, -0.05) is 23.7 Å². The highest BCUT2D eigenvalue weighted by atomic mass is 35.5. The summed E-state index contributed by atoms with van der Waals surface area (Å²) >= 11 is 7.10. The molecule has 0 atom stereocenters. The molecular formula is C19H16ClN3O4S. The van der Waals surface area contributed by atoms with Gasteiger partial charge in [-0.05, 0) is 37.3 Å². The number of nitrogens with zero attached hydrogens (tertiary/aromatic N) is 1. The van der Waals surface area contributed by atoms with Crippen molar-refractivity contribution in [2.45, 2.75) is 6.92 Å². The van der Waals surface area contributed by atoms with Gasteiger partial charge in [0.2, 0.25) is 0 Å². The Morgan fingerprint density at radius 1 is 1.11 bits per heavy atom. The number of phenols is 1. The van der Waals surface area contributed by atoms with E-state index in [0.29, 0.717) is 20.6 Å². The highest BCUT2D eigenvalue weighted by molar-refractivity contribution is 7.17. The molecule has 0 radical (unpaired) electrons. The lowest BCUT2D eigenvalue weighted by Crippen LogP contribution is -2.41. The highest BCUT2D eigenvalue weighted by Crippen LogP contribution is 2.29. The molecule has 0 bridgehead atoms. The molecule has 28 heavy (non-hydrogen) atoms. The van der Waals surface area contributed by atoms with Gasteiger partial charge in [0.1, 0.15) is 9.88 Å². The number of rotatable bonds is 4. The number of aryl methyl sites for hydroxylation is 1. The molecule has 0 saturated heterocycles. The molecule has 0 unspecified atom stereocenters. The number of aromatic nitrogens is 1. The van der Waals surface area contributed by atoms with E-state index in [9.17, 15) is 14.7 Å². The molecule has 0 fully saturated rings. The number of phenolic OH excluding ortho intramolecular Hbond substituents is 1. The van der Waals surface area contributed by atoms with Gasteiger partial charge in [-0.15, -0.1) is 11.3 Å². The van der Waals surface area contributed by atoms with Crippen LogP contribution in [-0.2, 0) is 0 Å². The molecule has 0 aliphatic rings. The number of hydrogen-bond donors (Lipinski definition) is 3. The zero-order valence-corrected chi connectivity index (χ0v) is 16.5. The Morgan fingerprint density at radius 3 is 2.43 bits per heavy atom. The van der Waals surface area contributed by atoms with Gasteiger partial charge in [-0.3, -0.25) is 20.4 Å². The second kappa shape index (κ2) is 8.28. The predicted octanol–water partition coefficient (Wildman–Crippen LogP) is 3.56. The smallest absolute Gasteiger partial charge is 0.281 e. The summed E-state index contributed by atoms with van der Waals surface area (Å²) < 4.78 is 4.93. The Labute approximate surface area is 169 Å². The lowest BCUT2D eigenvalue weighted by Gasteiger charge is -2.08.